The lowest BCUT2D eigenvalue weighted by molar-refractivity contribution is 0.00273. The second-order valence-corrected chi connectivity index (χ2v) is 16.4. The number of aryl methyl sites for hydroxylation is 1. The summed E-state index contributed by atoms with van der Waals surface area (Å²) in [7, 11) is 0. The highest BCUT2D eigenvalue weighted by molar-refractivity contribution is 5.38. The van der Waals surface area contributed by atoms with Gasteiger partial charge in [0, 0.05) is 5.41 Å². The summed E-state index contributed by atoms with van der Waals surface area (Å²) in [5, 5.41) is 0. The second-order valence-electron chi connectivity index (χ2n) is 16.4. The molecule has 0 aromatic heterocycles. The van der Waals surface area contributed by atoms with Gasteiger partial charge in [-0.3, -0.25) is 0 Å². The molecule has 2 saturated carbocycles. The summed E-state index contributed by atoms with van der Waals surface area (Å²) in [4.78, 5) is 0. The molecule has 4 unspecified atom stereocenters. The number of allylic oxidation sites excluding steroid dienone is 1. The first-order chi connectivity index (χ1) is 20.0. The molecule has 238 valence electrons. The Morgan fingerprint density at radius 3 is 2.10 bits per heavy atom. The Morgan fingerprint density at radius 2 is 1.48 bits per heavy atom. The van der Waals surface area contributed by atoms with Gasteiger partial charge in [-0.2, -0.15) is 0 Å². The minimum absolute atomic E-state index is 0.315. The maximum absolute atomic E-state index is 14.6. The second kappa shape index (κ2) is 14.8. The van der Waals surface area contributed by atoms with Gasteiger partial charge < -0.3 is 0 Å². The average Bonchev–Trinajstić information content (AvgIpc) is 3.26. The zero-order valence-electron chi connectivity index (χ0n) is 28.7. The fourth-order valence-corrected chi connectivity index (χ4v) is 9.73. The van der Waals surface area contributed by atoms with E-state index in [0.717, 1.165) is 42.4 Å². The molecule has 1 aromatic carbocycles. The zero-order valence-corrected chi connectivity index (χ0v) is 28.7. The largest absolute Gasteiger partial charge is 0.239 e. The Balaban J connectivity index is 1.10. The first-order valence-electron chi connectivity index (χ1n) is 18.4. The third-order valence-electron chi connectivity index (χ3n) is 13.4. The van der Waals surface area contributed by atoms with Crippen LogP contribution >= 0.6 is 0 Å². The molecule has 2 fully saturated rings. The standard InChI is InChI=1S/C41H67F/c1-8-41(7,42)39(4,5)27-20-18-16-14-12-10-9-11-13-15-17-19-21-33-30-34-29-31(2)22-24-35(34)36-26-28-40(6)32(3)23-25-37(40)38(33)36/h8,22,24,29,32-33,36-38H,1,9-21,23,25-28,30H2,2-7H3/t32-,33+,36?,37?,38?,40+,41?/m0/s1. The van der Waals surface area contributed by atoms with E-state index in [0.29, 0.717) is 5.41 Å². The quantitative estimate of drug-likeness (QED) is 0.127. The van der Waals surface area contributed by atoms with E-state index in [1.54, 1.807) is 18.1 Å². The van der Waals surface area contributed by atoms with Crippen LogP contribution in [0.1, 0.15) is 173 Å². The molecule has 1 heteroatoms. The first kappa shape index (κ1) is 33.8. The summed E-state index contributed by atoms with van der Waals surface area (Å²) in [6.07, 6.45) is 27.4. The predicted molar refractivity (Wildman–Crippen MR) is 182 cm³/mol. The van der Waals surface area contributed by atoms with Crippen LogP contribution in [0.2, 0.25) is 0 Å². The topological polar surface area (TPSA) is 0 Å². The molecular formula is C41H67F. The summed E-state index contributed by atoms with van der Waals surface area (Å²) in [6, 6.07) is 7.45. The maximum atomic E-state index is 14.6. The van der Waals surface area contributed by atoms with Crippen LogP contribution in [-0.2, 0) is 6.42 Å². The highest BCUT2D eigenvalue weighted by atomic mass is 19.1. The highest BCUT2D eigenvalue weighted by Gasteiger charge is 2.55. The fraction of sp³-hybridized carbons (Fsp3) is 0.805. The van der Waals surface area contributed by atoms with Gasteiger partial charge in [0.1, 0.15) is 5.67 Å². The normalized spacial score (nSPS) is 30.3. The maximum Gasteiger partial charge on any atom is 0.131 e. The number of alkyl halides is 1. The van der Waals surface area contributed by atoms with E-state index in [9.17, 15) is 4.39 Å². The molecule has 1 aromatic rings. The van der Waals surface area contributed by atoms with Crippen LogP contribution in [0.5, 0.6) is 0 Å². The van der Waals surface area contributed by atoms with E-state index in [2.05, 4.69) is 45.5 Å². The van der Waals surface area contributed by atoms with E-state index >= 15 is 0 Å². The van der Waals surface area contributed by atoms with Crippen molar-refractivity contribution < 1.29 is 4.39 Å². The zero-order chi connectivity index (χ0) is 30.4. The molecule has 0 amide bonds. The van der Waals surface area contributed by atoms with Gasteiger partial charge in [0.05, 0.1) is 0 Å². The van der Waals surface area contributed by atoms with Gasteiger partial charge in [0.15, 0.2) is 0 Å². The molecule has 0 heterocycles. The van der Waals surface area contributed by atoms with E-state index < -0.39 is 5.67 Å². The third kappa shape index (κ3) is 7.75. The number of unbranched alkanes of at least 4 members (excludes halogenated alkanes) is 11. The van der Waals surface area contributed by atoms with E-state index in [1.807, 2.05) is 13.8 Å². The molecule has 0 saturated heterocycles. The minimum atomic E-state index is -1.27. The van der Waals surface area contributed by atoms with Crippen molar-refractivity contribution in [2.45, 2.75) is 175 Å². The third-order valence-corrected chi connectivity index (χ3v) is 13.4. The van der Waals surface area contributed by atoms with Gasteiger partial charge >= 0.3 is 0 Å². The van der Waals surface area contributed by atoms with Crippen LogP contribution in [0.4, 0.5) is 4.39 Å². The monoisotopic (exact) mass is 579 g/mol. The lowest BCUT2D eigenvalue weighted by Gasteiger charge is -2.53. The Bertz CT molecular complexity index is 987. The molecule has 0 radical (unpaired) electrons. The Kier molecular flexibility index (Phi) is 11.9. The number of hydrogen-bond donors (Lipinski definition) is 0. The Labute approximate surface area is 261 Å². The lowest BCUT2D eigenvalue weighted by Crippen LogP contribution is -2.45. The van der Waals surface area contributed by atoms with Gasteiger partial charge in [-0.05, 0) is 105 Å². The van der Waals surface area contributed by atoms with Crippen molar-refractivity contribution in [1.82, 2.24) is 0 Å². The molecule has 0 nitrogen and oxygen atoms in total. The van der Waals surface area contributed by atoms with Crippen molar-refractivity contribution in [2.75, 3.05) is 0 Å². The van der Waals surface area contributed by atoms with E-state index in [4.69, 9.17) is 0 Å². The summed E-state index contributed by atoms with van der Waals surface area (Å²) in [5.41, 5.74) is 3.90. The molecule has 7 atom stereocenters. The van der Waals surface area contributed by atoms with Gasteiger partial charge in [-0.25, -0.2) is 4.39 Å². The average molecular weight is 579 g/mol. The molecule has 4 rings (SSSR count). The number of halogens is 1. The van der Waals surface area contributed by atoms with Crippen molar-refractivity contribution in [1.29, 1.82) is 0 Å². The van der Waals surface area contributed by atoms with Gasteiger partial charge in [0.25, 0.3) is 0 Å². The van der Waals surface area contributed by atoms with Crippen molar-refractivity contribution in [3.05, 3.63) is 47.5 Å². The number of hydrogen-bond acceptors (Lipinski definition) is 0. The van der Waals surface area contributed by atoms with Crippen LogP contribution in [0, 0.1) is 41.4 Å². The van der Waals surface area contributed by atoms with E-state index in [1.165, 1.54) is 121 Å². The molecular weight excluding hydrogens is 511 g/mol. The summed E-state index contributed by atoms with van der Waals surface area (Å²) in [5.74, 6) is 4.55. The summed E-state index contributed by atoms with van der Waals surface area (Å²) in [6.45, 7) is 17.0. The Hall–Kier alpha value is -1.11. The molecule has 3 aliphatic carbocycles. The van der Waals surface area contributed by atoms with Crippen LogP contribution in [-0.4, -0.2) is 5.67 Å². The van der Waals surface area contributed by atoms with Crippen molar-refractivity contribution >= 4 is 0 Å². The fourth-order valence-electron chi connectivity index (χ4n) is 9.73. The van der Waals surface area contributed by atoms with Crippen LogP contribution in [0.25, 0.3) is 0 Å². The molecule has 0 spiro atoms. The van der Waals surface area contributed by atoms with Gasteiger partial charge in [-0.15, -0.1) is 0 Å². The summed E-state index contributed by atoms with van der Waals surface area (Å²) < 4.78 is 14.6. The van der Waals surface area contributed by atoms with Crippen molar-refractivity contribution in [3.63, 3.8) is 0 Å². The van der Waals surface area contributed by atoms with Crippen LogP contribution in [0.3, 0.4) is 0 Å². The first-order valence-corrected chi connectivity index (χ1v) is 18.4. The highest BCUT2D eigenvalue weighted by Crippen LogP contribution is 2.64. The molecule has 0 N–H and O–H groups in total. The minimum Gasteiger partial charge on any atom is -0.239 e. The van der Waals surface area contributed by atoms with Crippen molar-refractivity contribution in [3.8, 4) is 0 Å². The molecule has 42 heavy (non-hydrogen) atoms. The van der Waals surface area contributed by atoms with Crippen LogP contribution < -0.4 is 0 Å². The predicted octanol–water partition coefficient (Wildman–Crippen LogP) is 13.1. The lowest BCUT2D eigenvalue weighted by atomic mass is 9.51. The number of fused-ring (bicyclic) bond motifs is 5. The van der Waals surface area contributed by atoms with Gasteiger partial charge in [0.2, 0.25) is 0 Å². The van der Waals surface area contributed by atoms with Crippen molar-refractivity contribution in [2.24, 2.45) is 34.5 Å². The van der Waals surface area contributed by atoms with Crippen LogP contribution in [0.15, 0.2) is 30.9 Å². The summed E-state index contributed by atoms with van der Waals surface area (Å²) >= 11 is 0. The molecule has 0 bridgehead atoms. The number of rotatable bonds is 17. The number of benzene rings is 1. The van der Waals surface area contributed by atoms with Gasteiger partial charge in [-0.1, -0.05) is 141 Å². The smallest absolute Gasteiger partial charge is 0.131 e. The molecule has 3 aliphatic rings. The molecule has 0 aliphatic heterocycles. The van der Waals surface area contributed by atoms with E-state index in [-0.39, 0.29) is 5.41 Å². The Morgan fingerprint density at radius 1 is 0.881 bits per heavy atom. The SMILES string of the molecule is C=CC(C)(F)C(C)(C)CCCCCCCCCCCCCC[C@@H]1Cc2cc(C)ccc2C2CC[C@@]3(C)C(CC[C@@H]3C)C21.